The summed E-state index contributed by atoms with van der Waals surface area (Å²) in [7, 11) is 0. The minimum atomic E-state index is -0.224. The zero-order valence-corrected chi connectivity index (χ0v) is 12.5. The van der Waals surface area contributed by atoms with Crippen LogP contribution in [0, 0.1) is 5.41 Å². The summed E-state index contributed by atoms with van der Waals surface area (Å²) < 4.78 is 0. The molecule has 0 spiro atoms. The molecular formula is C14H30N2O2. The zero-order chi connectivity index (χ0) is 14.2. The molecule has 0 aromatic heterocycles. The van der Waals surface area contributed by atoms with E-state index in [1.165, 1.54) is 0 Å². The fraction of sp³-hybridized carbons (Fsp3) is 0.929. The number of carbonyl (C=O) groups excluding carboxylic acids is 1. The van der Waals surface area contributed by atoms with Crippen LogP contribution in [-0.4, -0.2) is 36.2 Å². The van der Waals surface area contributed by atoms with Crippen LogP contribution in [0.5, 0.6) is 0 Å². The quantitative estimate of drug-likeness (QED) is 0.581. The molecule has 18 heavy (non-hydrogen) atoms. The van der Waals surface area contributed by atoms with Gasteiger partial charge in [0.25, 0.3) is 0 Å². The topological polar surface area (TPSA) is 61.4 Å². The van der Waals surface area contributed by atoms with Gasteiger partial charge in [-0.2, -0.15) is 0 Å². The third kappa shape index (κ3) is 6.97. The van der Waals surface area contributed by atoms with Crippen molar-refractivity contribution < 1.29 is 9.90 Å². The molecule has 108 valence electrons. The van der Waals surface area contributed by atoms with Crippen LogP contribution in [0.2, 0.25) is 0 Å². The molecule has 4 nitrogen and oxygen atoms in total. The molecule has 1 amide bonds. The Morgan fingerprint density at radius 2 is 1.94 bits per heavy atom. The Kier molecular flexibility index (Phi) is 8.20. The van der Waals surface area contributed by atoms with Crippen molar-refractivity contribution in [3.63, 3.8) is 0 Å². The highest BCUT2D eigenvalue weighted by molar-refractivity contribution is 5.81. The first-order valence-electron chi connectivity index (χ1n) is 6.97. The molecule has 0 radical (unpaired) electrons. The average Bonchev–Trinajstić information content (AvgIpc) is 2.27. The van der Waals surface area contributed by atoms with Crippen molar-refractivity contribution in [1.29, 1.82) is 0 Å². The lowest BCUT2D eigenvalue weighted by atomic mass is 9.84. The van der Waals surface area contributed by atoms with Crippen LogP contribution >= 0.6 is 0 Å². The Morgan fingerprint density at radius 1 is 1.33 bits per heavy atom. The van der Waals surface area contributed by atoms with Crippen LogP contribution in [-0.2, 0) is 4.79 Å². The van der Waals surface area contributed by atoms with Gasteiger partial charge < -0.3 is 15.7 Å². The maximum absolute atomic E-state index is 11.8. The monoisotopic (exact) mass is 258 g/mol. The lowest BCUT2D eigenvalue weighted by Crippen LogP contribution is -2.51. The third-order valence-electron chi connectivity index (χ3n) is 3.14. The van der Waals surface area contributed by atoms with Gasteiger partial charge in [0.1, 0.15) is 0 Å². The predicted molar refractivity (Wildman–Crippen MR) is 75.5 cm³/mol. The number of aliphatic hydroxyl groups is 1. The largest absolute Gasteiger partial charge is 0.396 e. The summed E-state index contributed by atoms with van der Waals surface area (Å²) in [6.45, 7) is 11.2. The molecule has 0 aliphatic carbocycles. The zero-order valence-electron chi connectivity index (χ0n) is 12.5. The van der Waals surface area contributed by atoms with E-state index < -0.39 is 0 Å². The molecule has 0 fully saturated rings. The van der Waals surface area contributed by atoms with E-state index in [1.807, 2.05) is 6.92 Å². The molecule has 0 bridgehead atoms. The molecular weight excluding hydrogens is 228 g/mol. The molecule has 0 aromatic rings. The highest BCUT2D eigenvalue weighted by Gasteiger charge is 2.27. The van der Waals surface area contributed by atoms with Gasteiger partial charge in [0, 0.05) is 19.2 Å². The van der Waals surface area contributed by atoms with Gasteiger partial charge in [-0.1, -0.05) is 34.1 Å². The van der Waals surface area contributed by atoms with E-state index in [4.69, 9.17) is 5.11 Å². The Labute approximate surface area is 112 Å². The Balaban J connectivity index is 4.23. The fourth-order valence-corrected chi connectivity index (χ4v) is 1.81. The van der Waals surface area contributed by atoms with Crippen molar-refractivity contribution in [3.05, 3.63) is 0 Å². The predicted octanol–water partition coefficient (Wildman–Crippen LogP) is 1.68. The molecule has 0 aliphatic rings. The van der Waals surface area contributed by atoms with Crippen LogP contribution in [0.25, 0.3) is 0 Å². The Hall–Kier alpha value is -0.610. The molecule has 0 saturated carbocycles. The summed E-state index contributed by atoms with van der Waals surface area (Å²) in [4.78, 5) is 11.8. The number of unbranched alkanes of at least 4 members (excludes halogenated alkanes) is 1. The minimum absolute atomic E-state index is 0.0285. The van der Waals surface area contributed by atoms with Gasteiger partial charge in [-0.05, 0) is 25.2 Å². The van der Waals surface area contributed by atoms with Crippen molar-refractivity contribution in [2.24, 2.45) is 5.41 Å². The highest BCUT2D eigenvalue weighted by atomic mass is 16.3. The molecule has 0 aromatic carbocycles. The summed E-state index contributed by atoms with van der Waals surface area (Å²) in [5.74, 6) is 0.0376. The lowest BCUT2D eigenvalue weighted by Gasteiger charge is -2.33. The third-order valence-corrected chi connectivity index (χ3v) is 3.14. The van der Waals surface area contributed by atoms with Crippen molar-refractivity contribution >= 4 is 5.91 Å². The van der Waals surface area contributed by atoms with Crippen molar-refractivity contribution in [2.75, 3.05) is 13.2 Å². The summed E-state index contributed by atoms with van der Waals surface area (Å²) >= 11 is 0. The van der Waals surface area contributed by atoms with Gasteiger partial charge in [-0.15, -0.1) is 0 Å². The van der Waals surface area contributed by atoms with Crippen LogP contribution in [0.1, 0.15) is 53.9 Å². The molecule has 0 heterocycles. The first kappa shape index (κ1) is 17.4. The van der Waals surface area contributed by atoms with E-state index in [1.54, 1.807) is 0 Å². The Morgan fingerprint density at radius 3 is 2.39 bits per heavy atom. The molecule has 4 heteroatoms. The second kappa shape index (κ2) is 8.48. The van der Waals surface area contributed by atoms with Gasteiger partial charge >= 0.3 is 0 Å². The van der Waals surface area contributed by atoms with E-state index in [2.05, 4.69) is 38.3 Å². The van der Waals surface area contributed by atoms with Gasteiger partial charge in [0.05, 0.1) is 6.04 Å². The van der Waals surface area contributed by atoms with Crippen LogP contribution in [0.4, 0.5) is 0 Å². The number of amides is 1. The highest BCUT2D eigenvalue weighted by Crippen LogP contribution is 2.22. The average molecular weight is 258 g/mol. The first-order valence-corrected chi connectivity index (χ1v) is 6.97. The van der Waals surface area contributed by atoms with Crippen molar-refractivity contribution in [1.82, 2.24) is 10.6 Å². The van der Waals surface area contributed by atoms with E-state index in [0.717, 1.165) is 19.4 Å². The normalized spacial score (nSPS) is 15.2. The van der Waals surface area contributed by atoms with Crippen LogP contribution in [0.3, 0.4) is 0 Å². The summed E-state index contributed by atoms with van der Waals surface area (Å²) in [5.41, 5.74) is 0.0285. The SMILES string of the molecule is CCCCNC(=O)C(C)NC(CCO)C(C)(C)C. The second-order valence-corrected chi connectivity index (χ2v) is 5.96. The summed E-state index contributed by atoms with van der Waals surface area (Å²) in [6.07, 6.45) is 2.76. The smallest absolute Gasteiger partial charge is 0.236 e. The standard InChI is InChI=1S/C14H30N2O2/c1-6-7-9-15-13(18)11(2)16-12(8-10-17)14(3,4)5/h11-12,16-17H,6-10H2,1-5H3,(H,15,18). The van der Waals surface area contributed by atoms with Gasteiger partial charge in [-0.25, -0.2) is 0 Å². The second-order valence-electron chi connectivity index (χ2n) is 5.96. The van der Waals surface area contributed by atoms with Crippen molar-refractivity contribution in [2.45, 2.75) is 66.0 Å². The molecule has 0 aliphatic heterocycles. The summed E-state index contributed by atoms with van der Waals surface area (Å²) in [5, 5.41) is 15.3. The summed E-state index contributed by atoms with van der Waals surface area (Å²) in [6, 6.07) is -0.0907. The lowest BCUT2D eigenvalue weighted by molar-refractivity contribution is -0.123. The number of rotatable bonds is 8. The van der Waals surface area contributed by atoms with Gasteiger partial charge in [0.2, 0.25) is 5.91 Å². The molecule has 0 rings (SSSR count). The Bertz CT molecular complexity index is 236. The van der Waals surface area contributed by atoms with E-state index in [9.17, 15) is 4.79 Å². The number of aliphatic hydroxyl groups excluding tert-OH is 1. The van der Waals surface area contributed by atoms with Crippen molar-refractivity contribution in [3.8, 4) is 0 Å². The molecule has 2 atom stereocenters. The van der Waals surface area contributed by atoms with E-state index in [0.29, 0.717) is 6.42 Å². The fourth-order valence-electron chi connectivity index (χ4n) is 1.81. The molecule has 0 saturated heterocycles. The molecule has 2 unspecified atom stereocenters. The number of nitrogens with one attached hydrogen (secondary N) is 2. The van der Waals surface area contributed by atoms with E-state index in [-0.39, 0.29) is 30.0 Å². The number of carbonyl (C=O) groups is 1. The van der Waals surface area contributed by atoms with Gasteiger partial charge in [0.15, 0.2) is 0 Å². The first-order chi connectivity index (χ1) is 8.32. The van der Waals surface area contributed by atoms with E-state index >= 15 is 0 Å². The molecule has 3 N–H and O–H groups in total. The number of hydrogen-bond donors (Lipinski definition) is 3. The van der Waals surface area contributed by atoms with Crippen LogP contribution < -0.4 is 10.6 Å². The maximum Gasteiger partial charge on any atom is 0.236 e. The minimum Gasteiger partial charge on any atom is -0.396 e. The van der Waals surface area contributed by atoms with Gasteiger partial charge in [-0.3, -0.25) is 4.79 Å². The van der Waals surface area contributed by atoms with Crippen LogP contribution in [0.15, 0.2) is 0 Å². The number of hydrogen-bond acceptors (Lipinski definition) is 3. The maximum atomic E-state index is 11.8.